The fraction of sp³-hybridized carbons (Fsp3) is 0.750. The largest absolute Gasteiger partial charge is 0.498 e. The van der Waals surface area contributed by atoms with Gasteiger partial charge in [0.25, 0.3) is 0 Å². The van der Waals surface area contributed by atoms with Gasteiger partial charge in [0.05, 0.1) is 12.8 Å². The molecule has 0 aromatic heterocycles. The molecular weight excluding hydrogens is 140 g/mol. The Bertz CT molecular complexity index is 125. The predicted octanol–water partition coefficient (Wildman–Crippen LogP) is 0.399. The monoisotopic (exact) mass is 156 g/mol. The molecule has 0 aromatic carbocycles. The van der Waals surface area contributed by atoms with E-state index in [2.05, 4.69) is 10.2 Å². The summed E-state index contributed by atoms with van der Waals surface area (Å²) >= 11 is 0. The first-order valence-corrected chi connectivity index (χ1v) is 4.10. The van der Waals surface area contributed by atoms with E-state index in [1.165, 1.54) is 6.42 Å². The van der Waals surface area contributed by atoms with Gasteiger partial charge >= 0.3 is 0 Å². The maximum Gasteiger partial charge on any atom is 0.105 e. The highest BCUT2D eigenvalue weighted by Gasteiger charge is 2.01. The SMILES string of the molecule is CNCCCN1C=COCC1. The van der Waals surface area contributed by atoms with E-state index >= 15 is 0 Å². The lowest BCUT2D eigenvalue weighted by Crippen LogP contribution is -2.27. The fourth-order valence-electron chi connectivity index (χ4n) is 1.09. The molecule has 1 rings (SSSR count). The Kier molecular flexibility index (Phi) is 3.83. The lowest BCUT2D eigenvalue weighted by atomic mass is 10.4. The van der Waals surface area contributed by atoms with Gasteiger partial charge in [0, 0.05) is 12.7 Å². The molecule has 0 aliphatic carbocycles. The van der Waals surface area contributed by atoms with Gasteiger partial charge in [-0.2, -0.15) is 0 Å². The van der Waals surface area contributed by atoms with E-state index in [4.69, 9.17) is 4.74 Å². The van der Waals surface area contributed by atoms with Crippen LogP contribution in [0.4, 0.5) is 0 Å². The number of nitrogens with one attached hydrogen (secondary N) is 1. The normalized spacial score (nSPS) is 16.6. The van der Waals surface area contributed by atoms with E-state index in [0.29, 0.717) is 0 Å². The van der Waals surface area contributed by atoms with Crippen molar-refractivity contribution < 1.29 is 4.74 Å². The van der Waals surface area contributed by atoms with E-state index in [-0.39, 0.29) is 0 Å². The molecule has 64 valence electrons. The number of hydrogen-bond acceptors (Lipinski definition) is 3. The first-order valence-electron chi connectivity index (χ1n) is 4.10. The molecule has 0 saturated heterocycles. The van der Waals surface area contributed by atoms with E-state index < -0.39 is 0 Å². The van der Waals surface area contributed by atoms with E-state index in [9.17, 15) is 0 Å². The molecule has 1 aliphatic rings. The van der Waals surface area contributed by atoms with Gasteiger partial charge < -0.3 is 15.0 Å². The minimum Gasteiger partial charge on any atom is -0.498 e. The van der Waals surface area contributed by atoms with Crippen LogP contribution in [0.15, 0.2) is 12.5 Å². The molecule has 0 unspecified atom stereocenters. The second-order valence-corrected chi connectivity index (χ2v) is 2.65. The molecule has 0 radical (unpaired) electrons. The van der Waals surface area contributed by atoms with Crippen molar-refractivity contribution in [2.24, 2.45) is 0 Å². The maximum atomic E-state index is 5.07. The molecule has 3 nitrogen and oxygen atoms in total. The zero-order valence-corrected chi connectivity index (χ0v) is 7.05. The first kappa shape index (κ1) is 8.40. The van der Waals surface area contributed by atoms with Crippen molar-refractivity contribution in [3.8, 4) is 0 Å². The molecule has 0 amide bonds. The van der Waals surface area contributed by atoms with Gasteiger partial charge in [-0.05, 0) is 20.0 Å². The van der Waals surface area contributed by atoms with Crippen LogP contribution in [0.5, 0.6) is 0 Å². The van der Waals surface area contributed by atoms with Crippen LogP contribution in [0.2, 0.25) is 0 Å². The highest BCUT2D eigenvalue weighted by molar-refractivity contribution is 4.79. The van der Waals surface area contributed by atoms with Crippen LogP contribution in [0.3, 0.4) is 0 Å². The van der Waals surface area contributed by atoms with Crippen LogP contribution in [-0.4, -0.2) is 38.2 Å². The molecule has 0 fully saturated rings. The van der Waals surface area contributed by atoms with Crippen molar-refractivity contribution in [1.29, 1.82) is 0 Å². The number of hydrogen-bond donors (Lipinski definition) is 1. The highest BCUT2D eigenvalue weighted by Crippen LogP contribution is 1.98. The van der Waals surface area contributed by atoms with E-state index in [1.54, 1.807) is 6.26 Å². The Labute approximate surface area is 68.0 Å². The average Bonchev–Trinajstić information content (AvgIpc) is 2.07. The Morgan fingerprint density at radius 1 is 1.64 bits per heavy atom. The summed E-state index contributed by atoms with van der Waals surface area (Å²) in [5, 5.41) is 3.13. The summed E-state index contributed by atoms with van der Waals surface area (Å²) < 4.78 is 5.07. The molecule has 0 atom stereocenters. The molecular formula is C8H16N2O. The minimum atomic E-state index is 0.829. The minimum absolute atomic E-state index is 0.829. The highest BCUT2D eigenvalue weighted by atomic mass is 16.5. The Hall–Kier alpha value is -0.700. The van der Waals surface area contributed by atoms with E-state index in [1.807, 2.05) is 13.2 Å². The van der Waals surface area contributed by atoms with Gasteiger partial charge in [-0.3, -0.25) is 0 Å². The number of ether oxygens (including phenoxy) is 1. The lowest BCUT2D eigenvalue weighted by Gasteiger charge is -2.23. The molecule has 11 heavy (non-hydrogen) atoms. The predicted molar refractivity (Wildman–Crippen MR) is 45.2 cm³/mol. The van der Waals surface area contributed by atoms with Crippen LogP contribution in [0, 0.1) is 0 Å². The van der Waals surface area contributed by atoms with Gasteiger partial charge in [-0.15, -0.1) is 0 Å². The Morgan fingerprint density at radius 2 is 2.55 bits per heavy atom. The Balaban J connectivity index is 2.05. The Morgan fingerprint density at radius 3 is 3.18 bits per heavy atom. The standard InChI is InChI=1S/C8H16N2O/c1-9-3-2-4-10-5-7-11-8-6-10/h5,7,9H,2-4,6,8H2,1H3. The van der Waals surface area contributed by atoms with Crippen LogP contribution in [-0.2, 0) is 4.74 Å². The second-order valence-electron chi connectivity index (χ2n) is 2.65. The van der Waals surface area contributed by atoms with Crippen molar-refractivity contribution in [2.75, 3.05) is 33.3 Å². The molecule has 0 bridgehead atoms. The summed E-state index contributed by atoms with van der Waals surface area (Å²) in [6.07, 6.45) is 4.98. The summed E-state index contributed by atoms with van der Waals surface area (Å²) in [4.78, 5) is 2.28. The number of nitrogens with zero attached hydrogens (tertiary/aromatic N) is 1. The summed E-state index contributed by atoms with van der Waals surface area (Å²) in [6.45, 7) is 4.07. The first-order chi connectivity index (χ1) is 5.43. The third-order valence-corrected chi connectivity index (χ3v) is 1.74. The molecule has 3 heteroatoms. The molecule has 1 N–H and O–H groups in total. The fourth-order valence-corrected chi connectivity index (χ4v) is 1.09. The van der Waals surface area contributed by atoms with Gasteiger partial charge in [-0.25, -0.2) is 0 Å². The molecule has 0 spiro atoms. The molecule has 0 aromatic rings. The van der Waals surface area contributed by atoms with Crippen molar-refractivity contribution in [3.05, 3.63) is 12.5 Å². The number of rotatable bonds is 4. The van der Waals surface area contributed by atoms with Crippen LogP contribution in [0.1, 0.15) is 6.42 Å². The van der Waals surface area contributed by atoms with Gasteiger partial charge in [-0.1, -0.05) is 0 Å². The van der Waals surface area contributed by atoms with Crippen LogP contribution >= 0.6 is 0 Å². The van der Waals surface area contributed by atoms with Crippen LogP contribution in [0.25, 0.3) is 0 Å². The average molecular weight is 156 g/mol. The van der Waals surface area contributed by atoms with Crippen molar-refractivity contribution >= 4 is 0 Å². The smallest absolute Gasteiger partial charge is 0.105 e. The van der Waals surface area contributed by atoms with Gasteiger partial charge in [0.2, 0.25) is 0 Å². The maximum absolute atomic E-state index is 5.07. The third kappa shape index (κ3) is 3.28. The molecule has 1 aliphatic heterocycles. The summed E-state index contributed by atoms with van der Waals surface area (Å²) in [5.41, 5.74) is 0. The van der Waals surface area contributed by atoms with Crippen molar-refractivity contribution in [1.82, 2.24) is 10.2 Å². The zero-order chi connectivity index (χ0) is 7.94. The summed E-state index contributed by atoms with van der Waals surface area (Å²) in [5.74, 6) is 0. The quantitative estimate of drug-likeness (QED) is 0.596. The van der Waals surface area contributed by atoms with E-state index in [0.717, 1.165) is 26.2 Å². The topological polar surface area (TPSA) is 24.5 Å². The van der Waals surface area contributed by atoms with Crippen molar-refractivity contribution in [3.63, 3.8) is 0 Å². The molecule has 1 heterocycles. The summed E-state index contributed by atoms with van der Waals surface area (Å²) in [6, 6.07) is 0. The summed E-state index contributed by atoms with van der Waals surface area (Å²) in [7, 11) is 1.98. The third-order valence-electron chi connectivity index (χ3n) is 1.74. The van der Waals surface area contributed by atoms with Gasteiger partial charge in [0.1, 0.15) is 6.61 Å². The van der Waals surface area contributed by atoms with Gasteiger partial charge in [0.15, 0.2) is 0 Å². The second kappa shape index (κ2) is 5.02. The van der Waals surface area contributed by atoms with Crippen LogP contribution < -0.4 is 5.32 Å². The van der Waals surface area contributed by atoms with Crippen molar-refractivity contribution in [2.45, 2.75) is 6.42 Å². The lowest BCUT2D eigenvalue weighted by molar-refractivity contribution is 0.172. The zero-order valence-electron chi connectivity index (χ0n) is 7.05. The molecule has 0 saturated carbocycles.